The first-order valence-electron chi connectivity index (χ1n) is 5.11. The van der Waals surface area contributed by atoms with Crippen LogP contribution in [0.1, 0.15) is 30.6 Å². The van der Waals surface area contributed by atoms with Crippen molar-refractivity contribution in [1.29, 1.82) is 0 Å². The van der Waals surface area contributed by atoms with Gasteiger partial charge < -0.3 is 5.32 Å². The largest absolute Gasteiger partial charge is 0.310 e. The number of nitrogens with zero attached hydrogens (tertiary/aromatic N) is 2. The van der Waals surface area contributed by atoms with Crippen LogP contribution in [0.2, 0.25) is 0 Å². The van der Waals surface area contributed by atoms with Crippen LogP contribution in [0.15, 0.2) is 6.20 Å². The summed E-state index contributed by atoms with van der Waals surface area (Å²) in [6.07, 6.45) is 2.89. The van der Waals surface area contributed by atoms with E-state index in [1.54, 1.807) is 6.20 Å². The van der Waals surface area contributed by atoms with Gasteiger partial charge in [0, 0.05) is 5.56 Å². The van der Waals surface area contributed by atoms with Crippen molar-refractivity contribution < 1.29 is 9.59 Å². The predicted octanol–water partition coefficient (Wildman–Crippen LogP) is 1.06. The molecule has 0 saturated carbocycles. The van der Waals surface area contributed by atoms with E-state index in [1.165, 1.54) is 4.68 Å². The molecular formula is C10H13N3O2. The van der Waals surface area contributed by atoms with Gasteiger partial charge >= 0.3 is 0 Å². The van der Waals surface area contributed by atoms with Gasteiger partial charge in [-0.3, -0.25) is 9.59 Å². The molecule has 0 bridgehead atoms. The SMILES string of the molecule is CCc1cnn2c1NC(=O)C(CC)C2=O. The van der Waals surface area contributed by atoms with Gasteiger partial charge in [0.1, 0.15) is 11.7 Å². The van der Waals surface area contributed by atoms with Crippen LogP contribution < -0.4 is 5.32 Å². The Kier molecular flexibility index (Phi) is 2.30. The van der Waals surface area contributed by atoms with Crippen molar-refractivity contribution >= 4 is 17.6 Å². The minimum atomic E-state index is -0.595. The molecule has 0 radical (unpaired) electrons. The number of fused-ring (bicyclic) bond motifs is 1. The molecule has 0 saturated heterocycles. The molecule has 1 atom stereocenters. The normalized spacial score (nSPS) is 20.0. The Hall–Kier alpha value is -1.65. The maximum Gasteiger partial charge on any atom is 0.261 e. The fraction of sp³-hybridized carbons (Fsp3) is 0.500. The van der Waals surface area contributed by atoms with Crippen molar-refractivity contribution in [2.75, 3.05) is 5.32 Å². The van der Waals surface area contributed by atoms with Gasteiger partial charge in [-0.15, -0.1) is 0 Å². The van der Waals surface area contributed by atoms with Gasteiger partial charge in [-0.05, 0) is 12.8 Å². The zero-order valence-corrected chi connectivity index (χ0v) is 8.78. The van der Waals surface area contributed by atoms with Crippen LogP contribution in [0, 0.1) is 5.92 Å². The van der Waals surface area contributed by atoms with Crippen LogP contribution in [-0.2, 0) is 11.2 Å². The number of aryl methyl sites for hydroxylation is 1. The maximum absolute atomic E-state index is 11.8. The smallest absolute Gasteiger partial charge is 0.261 e. The van der Waals surface area contributed by atoms with E-state index in [0.717, 1.165) is 12.0 Å². The van der Waals surface area contributed by atoms with Crippen LogP contribution in [0.25, 0.3) is 0 Å². The van der Waals surface area contributed by atoms with E-state index in [0.29, 0.717) is 12.2 Å². The van der Waals surface area contributed by atoms with Gasteiger partial charge in [-0.2, -0.15) is 9.78 Å². The molecule has 5 heteroatoms. The highest BCUT2D eigenvalue weighted by Crippen LogP contribution is 2.24. The van der Waals surface area contributed by atoms with Crippen molar-refractivity contribution in [3.05, 3.63) is 11.8 Å². The van der Waals surface area contributed by atoms with Gasteiger partial charge in [0.25, 0.3) is 5.91 Å². The molecule has 80 valence electrons. The molecule has 1 aromatic heterocycles. The number of hydrogen-bond donors (Lipinski definition) is 1. The Balaban J connectivity index is 2.47. The first-order valence-corrected chi connectivity index (χ1v) is 5.11. The second-order valence-corrected chi connectivity index (χ2v) is 3.57. The average Bonchev–Trinajstić information content (AvgIpc) is 2.61. The Labute approximate surface area is 87.5 Å². The van der Waals surface area contributed by atoms with E-state index >= 15 is 0 Å². The quantitative estimate of drug-likeness (QED) is 0.737. The number of carbonyl (C=O) groups is 2. The molecule has 0 spiro atoms. The molecule has 2 rings (SSSR count). The second-order valence-electron chi connectivity index (χ2n) is 3.57. The third kappa shape index (κ3) is 1.35. The highest BCUT2D eigenvalue weighted by molar-refractivity contribution is 6.11. The Morgan fingerprint density at radius 3 is 2.80 bits per heavy atom. The Bertz CT molecular complexity index is 422. The first-order chi connectivity index (χ1) is 7.19. The molecule has 0 fully saturated rings. The Morgan fingerprint density at radius 2 is 2.20 bits per heavy atom. The molecule has 1 aliphatic heterocycles. The van der Waals surface area contributed by atoms with Crippen LogP contribution >= 0.6 is 0 Å². The van der Waals surface area contributed by atoms with Crippen LogP contribution in [-0.4, -0.2) is 21.6 Å². The molecule has 5 nitrogen and oxygen atoms in total. The minimum absolute atomic E-state index is 0.217. The zero-order valence-electron chi connectivity index (χ0n) is 8.78. The van der Waals surface area contributed by atoms with E-state index in [2.05, 4.69) is 10.4 Å². The number of carbonyl (C=O) groups excluding carboxylic acids is 2. The number of amides is 1. The number of nitrogens with one attached hydrogen (secondary N) is 1. The molecular weight excluding hydrogens is 194 g/mol. The molecule has 0 aromatic carbocycles. The van der Waals surface area contributed by atoms with Crippen LogP contribution in [0.5, 0.6) is 0 Å². The van der Waals surface area contributed by atoms with E-state index in [1.807, 2.05) is 13.8 Å². The number of rotatable bonds is 2. The minimum Gasteiger partial charge on any atom is -0.310 e. The molecule has 15 heavy (non-hydrogen) atoms. The van der Waals surface area contributed by atoms with E-state index in [9.17, 15) is 9.59 Å². The summed E-state index contributed by atoms with van der Waals surface area (Å²) in [6.45, 7) is 3.78. The highest BCUT2D eigenvalue weighted by Gasteiger charge is 2.34. The summed E-state index contributed by atoms with van der Waals surface area (Å²) in [5, 5.41) is 6.73. The van der Waals surface area contributed by atoms with Gasteiger partial charge in [0.2, 0.25) is 5.91 Å². The highest BCUT2D eigenvalue weighted by atomic mass is 16.2. The van der Waals surface area contributed by atoms with E-state index < -0.39 is 5.92 Å². The van der Waals surface area contributed by atoms with Crippen LogP contribution in [0.4, 0.5) is 5.82 Å². The van der Waals surface area contributed by atoms with Crippen molar-refractivity contribution in [2.24, 2.45) is 5.92 Å². The van der Waals surface area contributed by atoms with E-state index in [4.69, 9.17) is 0 Å². The Morgan fingerprint density at radius 1 is 1.47 bits per heavy atom. The molecule has 1 aliphatic rings. The summed E-state index contributed by atoms with van der Waals surface area (Å²) in [7, 11) is 0. The summed E-state index contributed by atoms with van der Waals surface area (Å²) >= 11 is 0. The van der Waals surface area contributed by atoms with Gasteiger partial charge in [0.15, 0.2) is 0 Å². The standard InChI is InChI=1S/C10H13N3O2/c1-3-6-5-11-13-8(6)12-9(14)7(4-2)10(13)15/h5,7H,3-4H2,1-2H3,(H,12,14). The second kappa shape index (κ2) is 3.49. The summed E-state index contributed by atoms with van der Waals surface area (Å²) in [6, 6.07) is 0. The van der Waals surface area contributed by atoms with Crippen molar-refractivity contribution in [2.45, 2.75) is 26.7 Å². The third-order valence-electron chi connectivity index (χ3n) is 2.70. The number of aromatic nitrogens is 2. The molecule has 1 N–H and O–H groups in total. The summed E-state index contributed by atoms with van der Waals surface area (Å²) in [4.78, 5) is 23.4. The lowest BCUT2D eigenvalue weighted by Crippen LogP contribution is -2.39. The van der Waals surface area contributed by atoms with Crippen molar-refractivity contribution in [3.8, 4) is 0 Å². The average molecular weight is 207 g/mol. The summed E-state index contributed by atoms with van der Waals surface area (Å²) in [5.41, 5.74) is 0.895. The van der Waals surface area contributed by atoms with Crippen molar-refractivity contribution in [1.82, 2.24) is 9.78 Å². The summed E-state index contributed by atoms with van der Waals surface area (Å²) in [5.74, 6) is -0.500. The van der Waals surface area contributed by atoms with Crippen LogP contribution in [0.3, 0.4) is 0 Å². The molecule has 0 aliphatic carbocycles. The van der Waals surface area contributed by atoms with Gasteiger partial charge in [-0.1, -0.05) is 13.8 Å². The molecule has 1 aromatic rings. The zero-order chi connectivity index (χ0) is 11.0. The topological polar surface area (TPSA) is 64.0 Å². The number of anilines is 1. The summed E-state index contributed by atoms with van der Waals surface area (Å²) < 4.78 is 1.30. The lowest BCUT2D eigenvalue weighted by Gasteiger charge is -2.21. The first kappa shape index (κ1) is 9.89. The fourth-order valence-electron chi connectivity index (χ4n) is 1.76. The van der Waals surface area contributed by atoms with Crippen molar-refractivity contribution in [3.63, 3.8) is 0 Å². The molecule has 1 unspecified atom stereocenters. The molecule has 1 amide bonds. The predicted molar refractivity (Wildman–Crippen MR) is 54.6 cm³/mol. The van der Waals surface area contributed by atoms with Gasteiger partial charge in [0.05, 0.1) is 6.20 Å². The molecule has 2 heterocycles. The maximum atomic E-state index is 11.8. The lowest BCUT2D eigenvalue weighted by molar-refractivity contribution is -0.119. The third-order valence-corrected chi connectivity index (χ3v) is 2.70. The van der Waals surface area contributed by atoms with Gasteiger partial charge in [-0.25, -0.2) is 0 Å². The fourth-order valence-corrected chi connectivity index (χ4v) is 1.76. The monoisotopic (exact) mass is 207 g/mol. The number of hydrogen-bond acceptors (Lipinski definition) is 3. The van der Waals surface area contributed by atoms with E-state index in [-0.39, 0.29) is 11.8 Å². The lowest BCUT2D eigenvalue weighted by atomic mass is 10.0.